The molecule has 0 spiro atoms. The van der Waals surface area contributed by atoms with Crippen LogP contribution in [0.2, 0.25) is 0 Å². The van der Waals surface area contributed by atoms with E-state index in [0.29, 0.717) is 0 Å². The highest BCUT2D eigenvalue weighted by Gasteiger charge is 2.03. The number of nitrogens with zero attached hydrogens (tertiary/aromatic N) is 3. The Labute approximate surface area is 90.4 Å². The molecule has 2 heterocycles. The molecule has 0 N–H and O–H groups in total. The molecule has 3 nitrogen and oxygen atoms in total. The zero-order valence-electron chi connectivity index (χ0n) is 7.61. The first-order chi connectivity index (χ1) is 6.77. The molecule has 70 valence electrons. The lowest BCUT2D eigenvalue weighted by atomic mass is 10.1. The molecule has 0 atom stereocenters. The monoisotopic (exact) mass is 249 g/mol. The average Bonchev–Trinajstić information content (AvgIpc) is 2.18. The minimum Gasteiger partial charge on any atom is -0.264 e. The Morgan fingerprint density at radius 1 is 1.29 bits per heavy atom. The van der Waals surface area contributed by atoms with Crippen molar-refractivity contribution in [2.75, 3.05) is 0 Å². The molecule has 0 amide bonds. The number of aryl methyl sites for hydroxylation is 1. The van der Waals surface area contributed by atoms with Crippen LogP contribution in [0.5, 0.6) is 0 Å². The van der Waals surface area contributed by atoms with Crippen molar-refractivity contribution in [2.45, 2.75) is 6.92 Å². The van der Waals surface area contributed by atoms with Crippen LogP contribution in [0.25, 0.3) is 11.3 Å². The lowest BCUT2D eigenvalue weighted by Gasteiger charge is -2.03. The number of hydrogen-bond acceptors (Lipinski definition) is 3. The number of aromatic nitrogens is 3. The van der Waals surface area contributed by atoms with Crippen LogP contribution in [0.1, 0.15) is 5.56 Å². The van der Waals surface area contributed by atoms with E-state index in [0.717, 1.165) is 21.4 Å². The number of pyridine rings is 1. The number of hydrogen-bond donors (Lipinski definition) is 0. The molecular formula is C10H8BrN3. The minimum atomic E-state index is 0.783. The second-order valence-electron chi connectivity index (χ2n) is 2.92. The molecule has 4 heteroatoms. The fraction of sp³-hybridized carbons (Fsp3) is 0.100. The molecule has 0 unspecified atom stereocenters. The number of halogens is 1. The zero-order valence-corrected chi connectivity index (χ0v) is 9.19. The van der Waals surface area contributed by atoms with Gasteiger partial charge in [0, 0.05) is 18.0 Å². The van der Waals surface area contributed by atoms with Crippen LogP contribution in [0.3, 0.4) is 0 Å². The van der Waals surface area contributed by atoms with E-state index >= 15 is 0 Å². The Morgan fingerprint density at radius 3 is 2.86 bits per heavy atom. The quantitative estimate of drug-likeness (QED) is 0.730. The van der Waals surface area contributed by atoms with Gasteiger partial charge in [0.05, 0.1) is 5.69 Å². The molecule has 0 saturated heterocycles. The highest BCUT2D eigenvalue weighted by molar-refractivity contribution is 9.10. The molecule has 0 saturated carbocycles. The molecule has 2 aromatic heterocycles. The van der Waals surface area contributed by atoms with Gasteiger partial charge in [0.25, 0.3) is 0 Å². The average molecular weight is 250 g/mol. The van der Waals surface area contributed by atoms with Crippen molar-refractivity contribution >= 4 is 15.9 Å². The fourth-order valence-corrected chi connectivity index (χ4v) is 1.52. The summed E-state index contributed by atoms with van der Waals surface area (Å²) in [7, 11) is 0. The minimum absolute atomic E-state index is 0.783. The molecule has 0 aromatic carbocycles. The summed E-state index contributed by atoms with van der Waals surface area (Å²) in [5.74, 6) is 0. The largest absolute Gasteiger partial charge is 0.264 e. The standard InChI is InChI=1S/C10H8BrN3/c1-7-2-3-12-5-8(7)9-4-10(11)14-6-13-9/h2-6H,1H3. The summed E-state index contributed by atoms with van der Waals surface area (Å²) >= 11 is 3.31. The van der Waals surface area contributed by atoms with Crippen molar-refractivity contribution in [3.8, 4) is 11.3 Å². The SMILES string of the molecule is Cc1ccncc1-c1cc(Br)ncn1. The first kappa shape index (κ1) is 9.27. The predicted octanol–water partition coefficient (Wildman–Crippen LogP) is 2.61. The summed E-state index contributed by atoms with van der Waals surface area (Å²) in [6.45, 7) is 2.03. The Bertz CT molecular complexity index is 457. The third kappa shape index (κ3) is 1.80. The summed E-state index contributed by atoms with van der Waals surface area (Å²) < 4.78 is 0.783. The molecule has 0 aliphatic carbocycles. The summed E-state index contributed by atoms with van der Waals surface area (Å²) in [6.07, 6.45) is 5.12. The topological polar surface area (TPSA) is 38.7 Å². The van der Waals surface area contributed by atoms with Crippen molar-refractivity contribution in [3.63, 3.8) is 0 Å². The van der Waals surface area contributed by atoms with Crippen LogP contribution >= 0.6 is 15.9 Å². The van der Waals surface area contributed by atoms with Gasteiger partial charge in [-0.15, -0.1) is 0 Å². The van der Waals surface area contributed by atoms with Crippen LogP contribution in [-0.2, 0) is 0 Å². The van der Waals surface area contributed by atoms with E-state index < -0.39 is 0 Å². The molecule has 2 rings (SSSR count). The van der Waals surface area contributed by atoms with Gasteiger partial charge in [-0.05, 0) is 40.5 Å². The number of rotatable bonds is 1. The Morgan fingerprint density at radius 2 is 2.14 bits per heavy atom. The molecule has 14 heavy (non-hydrogen) atoms. The van der Waals surface area contributed by atoms with Crippen molar-refractivity contribution in [2.24, 2.45) is 0 Å². The van der Waals surface area contributed by atoms with Gasteiger partial charge in [-0.25, -0.2) is 9.97 Å². The molecular weight excluding hydrogens is 242 g/mol. The van der Waals surface area contributed by atoms with Crippen LogP contribution in [-0.4, -0.2) is 15.0 Å². The highest BCUT2D eigenvalue weighted by Crippen LogP contribution is 2.21. The van der Waals surface area contributed by atoms with Crippen LogP contribution in [0.15, 0.2) is 35.5 Å². The molecule has 0 radical (unpaired) electrons. The van der Waals surface area contributed by atoms with Crippen LogP contribution < -0.4 is 0 Å². The Hall–Kier alpha value is -1.29. The van der Waals surface area contributed by atoms with Crippen molar-refractivity contribution in [1.29, 1.82) is 0 Å². The molecule has 0 fully saturated rings. The fourth-order valence-electron chi connectivity index (χ4n) is 1.21. The summed E-state index contributed by atoms with van der Waals surface area (Å²) in [5, 5.41) is 0. The third-order valence-corrected chi connectivity index (χ3v) is 2.38. The lowest BCUT2D eigenvalue weighted by molar-refractivity contribution is 1.13. The second-order valence-corrected chi connectivity index (χ2v) is 3.73. The summed E-state index contributed by atoms with van der Waals surface area (Å²) in [5.41, 5.74) is 3.08. The molecule has 0 bridgehead atoms. The molecule has 0 aliphatic heterocycles. The first-order valence-electron chi connectivity index (χ1n) is 4.16. The van der Waals surface area contributed by atoms with Gasteiger partial charge < -0.3 is 0 Å². The van der Waals surface area contributed by atoms with E-state index in [1.54, 1.807) is 6.20 Å². The van der Waals surface area contributed by atoms with Crippen LogP contribution in [0.4, 0.5) is 0 Å². The van der Waals surface area contributed by atoms with Gasteiger partial charge in [-0.1, -0.05) is 0 Å². The van der Waals surface area contributed by atoms with Gasteiger partial charge in [0.15, 0.2) is 0 Å². The van der Waals surface area contributed by atoms with E-state index in [1.807, 2.05) is 25.3 Å². The van der Waals surface area contributed by atoms with E-state index in [9.17, 15) is 0 Å². The van der Waals surface area contributed by atoms with E-state index in [2.05, 4.69) is 30.9 Å². The maximum atomic E-state index is 4.19. The normalized spacial score (nSPS) is 10.1. The van der Waals surface area contributed by atoms with Gasteiger partial charge in [0.1, 0.15) is 10.9 Å². The molecule has 0 aliphatic rings. The van der Waals surface area contributed by atoms with E-state index in [4.69, 9.17) is 0 Å². The maximum Gasteiger partial charge on any atom is 0.117 e. The Balaban J connectivity index is 2.55. The Kier molecular flexibility index (Phi) is 2.54. The summed E-state index contributed by atoms with van der Waals surface area (Å²) in [4.78, 5) is 12.2. The van der Waals surface area contributed by atoms with Gasteiger partial charge in [0.2, 0.25) is 0 Å². The second kappa shape index (κ2) is 3.84. The zero-order chi connectivity index (χ0) is 9.97. The van der Waals surface area contributed by atoms with Gasteiger partial charge in [-0.3, -0.25) is 4.98 Å². The van der Waals surface area contributed by atoms with E-state index in [1.165, 1.54) is 6.33 Å². The van der Waals surface area contributed by atoms with Crippen molar-refractivity contribution < 1.29 is 0 Å². The highest BCUT2D eigenvalue weighted by atomic mass is 79.9. The smallest absolute Gasteiger partial charge is 0.117 e. The lowest BCUT2D eigenvalue weighted by Crippen LogP contribution is -1.89. The maximum absolute atomic E-state index is 4.19. The van der Waals surface area contributed by atoms with Crippen molar-refractivity contribution in [3.05, 3.63) is 41.0 Å². The van der Waals surface area contributed by atoms with Crippen LogP contribution in [0, 0.1) is 6.92 Å². The summed E-state index contributed by atoms with van der Waals surface area (Å²) in [6, 6.07) is 3.84. The third-order valence-electron chi connectivity index (χ3n) is 1.95. The van der Waals surface area contributed by atoms with Gasteiger partial charge >= 0.3 is 0 Å². The van der Waals surface area contributed by atoms with Crippen molar-refractivity contribution in [1.82, 2.24) is 15.0 Å². The first-order valence-corrected chi connectivity index (χ1v) is 4.95. The van der Waals surface area contributed by atoms with E-state index in [-0.39, 0.29) is 0 Å². The predicted molar refractivity (Wildman–Crippen MR) is 57.7 cm³/mol. The molecule has 2 aromatic rings. The van der Waals surface area contributed by atoms with Gasteiger partial charge in [-0.2, -0.15) is 0 Å².